The van der Waals surface area contributed by atoms with Gasteiger partial charge in [0.2, 0.25) is 0 Å². The third-order valence-electron chi connectivity index (χ3n) is 4.06. The zero-order valence-electron chi connectivity index (χ0n) is 13.1. The predicted molar refractivity (Wildman–Crippen MR) is 85.9 cm³/mol. The molecule has 2 rings (SSSR count). The number of rotatable bonds is 5. The van der Waals surface area contributed by atoms with Crippen molar-refractivity contribution in [2.45, 2.75) is 25.3 Å². The van der Waals surface area contributed by atoms with Gasteiger partial charge in [-0.2, -0.15) is 0 Å². The Kier molecular flexibility index (Phi) is 4.53. The average Bonchev–Trinajstić information content (AvgIpc) is 2.54. The Morgan fingerprint density at radius 3 is 2.10 bits per heavy atom. The van der Waals surface area contributed by atoms with Crippen LogP contribution in [0.2, 0.25) is 0 Å². The van der Waals surface area contributed by atoms with Crippen molar-refractivity contribution in [1.82, 2.24) is 0 Å². The number of methoxy groups -OCH3 is 2. The summed E-state index contributed by atoms with van der Waals surface area (Å²) in [5.41, 5.74) is 8.59. The molecule has 3 heteroatoms. The maximum absolute atomic E-state index is 6.52. The van der Waals surface area contributed by atoms with Crippen LogP contribution in [0.3, 0.4) is 0 Å². The van der Waals surface area contributed by atoms with Crippen molar-refractivity contribution in [3.05, 3.63) is 59.7 Å². The van der Waals surface area contributed by atoms with Crippen molar-refractivity contribution in [1.29, 1.82) is 0 Å². The molecule has 0 aliphatic heterocycles. The van der Waals surface area contributed by atoms with E-state index < -0.39 is 0 Å². The maximum atomic E-state index is 6.52. The highest BCUT2D eigenvalue weighted by Crippen LogP contribution is 2.38. The molecule has 0 aliphatic carbocycles. The van der Waals surface area contributed by atoms with Crippen LogP contribution in [0.5, 0.6) is 11.5 Å². The fourth-order valence-electron chi connectivity index (χ4n) is 2.51. The average molecular weight is 285 g/mol. The Bertz CT molecular complexity index is 593. The van der Waals surface area contributed by atoms with Crippen molar-refractivity contribution in [2.24, 2.45) is 5.73 Å². The van der Waals surface area contributed by atoms with Crippen LogP contribution in [0, 0.1) is 0 Å². The largest absolute Gasteiger partial charge is 0.493 e. The molecular formula is C18H23NO2. The SMILES string of the molecule is COc1ccc(C(N)C(C)(C)c2ccccc2)cc1OC. The Balaban J connectivity index is 2.37. The highest BCUT2D eigenvalue weighted by molar-refractivity contribution is 5.45. The Hall–Kier alpha value is -2.00. The van der Waals surface area contributed by atoms with Crippen molar-refractivity contribution in [2.75, 3.05) is 14.2 Å². The molecule has 21 heavy (non-hydrogen) atoms. The van der Waals surface area contributed by atoms with Gasteiger partial charge in [0, 0.05) is 11.5 Å². The zero-order valence-corrected chi connectivity index (χ0v) is 13.1. The molecular weight excluding hydrogens is 262 g/mol. The summed E-state index contributed by atoms with van der Waals surface area (Å²) in [4.78, 5) is 0. The smallest absolute Gasteiger partial charge is 0.161 e. The van der Waals surface area contributed by atoms with Gasteiger partial charge in [-0.25, -0.2) is 0 Å². The lowest BCUT2D eigenvalue weighted by molar-refractivity contribution is 0.352. The second-order valence-electron chi connectivity index (χ2n) is 5.68. The van der Waals surface area contributed by atoms with E-state index in [0.29, 0.717) is 11.5 Å². The number of benzene rings is 2. The van der Waals surface area contributed by atoms with Gasteiger partial charge in [-0.15, -0.1) is 0 Å². The topological polar surface area (TPSA) is 44.5 Å². The normalized spacial score (nSPS) is 12.8. The number of hydrogen-bond donors (Lipinski definition) is 1. The molecule has 0 fully saturated rings. The summed E-state index contributed by atoms with van der Waals surface area (Å²) < 4.78 is 10.6. The van der Waals surface area contributed by atoms with E-state index in [2.05, 4.69) is 26.0 Å². The van der Waals surface area contributed by atoms with E-state index in [1.807, 2.05) is 36.4 Å². The summed E-state index contributed by atoms with van der Waals surface area (Å²) in [6.45, 7) is 4.31. The van der Waals surface area contributed by atoms with Gasteiger partial charge in [0.25, 0.3) is 0 Å². The first-order chi connectivity index (χ1) is 10.0. The van der Waals surface area contributed by atoms with E-state index in [1.54, 1.807) is 14.2 Å². The van der Waals surface area contributed by atoms with E-state index in [4.69, 9.17) is 15.2 Å². The van der Waals surface area contributed by atoms with E-state index >= 15 is 0 Å². The minimum absolute atomic E-state index is 0.139. The Morgan fingerprint density at radius 1 is 0.905 bits per heavy atom. The molecule has 2 N–H and O–H groups in total. The highest BCUT2D eigenvalue weighted by atomic mass is 16.5. The predicted octanol–water partition coefficient (Wildman–Crippen LogP) is 3.68. The highest BCUT2D eigenvalue weighted by Gasteiger charge is 2.30. The van der Waals surface area contributed by atoms with Crippen LogP contribution >= 0.6 is 0 Å². The molecule has 0 saturated heterocycles. The van der Waals surface area contributed by atoms with Crippen molar-refractivity contribution >= 4 is 0 Å². The van der Waals surface area contributed by atoms with E-state index in [9.17, 15) is 0 Å². The quantitative estimate of drug-likeness (QED) is 0.911. The number of nitrogens with two attached hydrogens (primary N) is 1. The lowest BCUT2D eigenvalue weighted by Crippen LogP contribution is -2.33. The molecule has 0 heterocycles. The Labute approximate surface area is 126 Å². The van der Waals surface area contributed by atoms with Gasteiger partial charge in [-0.1, -0.05) is 50.2 Å². The van der Waals surface area contributed by atoms with E-state index in [1.165, 1.54) is 5.56 Å². The first-order valence-electron chi connectivity index (χ1n) is 7.03. The minimum atomic E-state index is -0.180. The monoisotopic (exact) mass is 285 g/mol. The van der Waals surface area contributed by atoms with Crippen LogP contribution in [-0.2, 0) is 5.41 Å². The van der Waals surface area contributed by atoms with Crippen molar-refractivity contribution in [3.63, 3.8) is 0 Å². The lowest BCUT2D eigenvalue weighted by atomic mass is 9.75. The molecule has 0 radical (unpaired) electrons. The summed E-state index contributed by atoms with van der Waals surface area (Å²) in [5, 5.41) is 0. The van der Waals surface area contributed by atoms with Gasteiger partial charge < -0.3 is 15.2 Å². The van der Waals surface area contributed by atoms with Gasteiger partial charge in [0.1, 0.15) is 0 Å². The fraction of sp³-hybridized carbons (Fsp3) is 0.333. The van der Waals surface area contributed by atoms with Crippen LogP contribution < -0.4 is 15.2 Å². The number of ether oxygens (including phenoxy) is 2. The van der Waals surface area contributed by atoms with Crippen LogP contribution in [0.15, 0.2) is 48.5 Å². The van der Waals surface area contributed by atoms with Gasteiger partial charge in [-0.05, 0) is 23.3 Å². The first-order valence-corrected chi connectivity index (χ1v) is 7.03. The molecule has 0 saturated carbocycles. The summed E-state index contributed by atoms with van der Waals surface area (Å²) in [5.74, 6) is 1.42. The molecule has 0 bridgehead atoms. The molecule has 0 spiro atoms. The molecule has 2 aromatic rings. The minimum Gasteiger partial charge on any atom is -0.493 e. The molecule has 2 aromatic carbocycles. The zero-order chi connectivity index (χ0) is 15.5. The molecule has 0 amide bonds. The second kappa shape index (κ2) is 6.19. The standard InChI is InChI=1S/C18H23NO2/c1-18(2,14-8-6-5-7-9-14)17(19)13-10-11-15(20-3)16(12-13)21-4/h5-12,17H,19H2,1-4H3. The van der Waals surface area contributed by atoms with Gasteiger partial charge >= 0.3 is 0 Å². The van der Waals surface area contributed by atoms with Gasteiger partial charge in [0.05, 0.1) is 14.2 Å². The van der Waals surface area contributed by atoms with Gasteiger partial charge in [0.15, 0.2) is 11.5 Å². The van der Waals surface area contributed by atoms with Crippen LogP contribution in [0.1, 0.15) is 31.0 Å². The number of hydrogen-bond acceptors (Lipinski definition) is 3. The summed E-state index contributed by atoms with van der Waals surface area (Å²) in [6, 6.07) is 16.0. The summed E-state index contributed by atoms with van der Waals surface area (Å²) >= 11 is 0. The van der Waals surface area contributed by atoms with Gasteiger partial charge in [-0.3, -0.25) is 0 Å². The molecule has 1 atom stereocenters. The molecule has 0 aliphatic rings. The third-order valence-corrected chi connectivity index (χ3v) is 4.06. The van der Waals surface area contributed by atoms with Crippen LogP contribution in [0.4, 0.5) is 0 Å². The van der Waals surface area contributed by atoms with Crippen LogP contribution in [-0.4, -0.2) is 14.2 Å². The molecule has 3 nitrogen and oxygen atoms in total. The third kappa shape index (κ3) is 3.03. The van der Waals surface area contributed by atoms with E-state index in [0.717, 1.165) is 5.56 Å². The first kappa shape index (κ1) is 15.4. The fourth-order valence-corrected chi connectivity index (χ4v) is 2.51. The lowest BCUT2D eigenvalue weighted by Gasteiger charge is -2.33. The van der Waals surface area contributed by atoms with Crippen molar-refractivity contribution < 1.29 is 9.47 Å². The summed E-state index contributed by atoms with van der Waals surface area (Å²) in [6.07, 6.45) is 0. The van der Waals surface area contributed by atoms with E-state index in [-0.39, 0.29) is 11.5 Å². The van der Waals surface area contributed by atoms with Crippen LogP contribution in [0.25, 0.3) is 0 Å². The van der Waals surface area contributed by atoms with Crippen molar-refractivity contribution in [3.8, 4) is 11.5 Å². The summed E-state index contributed by atoms with van der Waals surface area (Å²) in [7, 11) is 3.26. The maximum Gasteiger partial charge on any atom is 0.161 e. The molecule has 112 valence electrons. The molecule has 1 unspecified atom stereocenters. The second-order valence-corrected chi connectivity index (χ2v) is 5.68. The molecule has 0 aromatic heterocycles. The Morgan fingerprint density at radius 2 is 1.52 bits per heavy atom.